The maximum atomic E-state index is 16.0. The molecule has 3 aliphatic heterocycles. The smallest absolute Gasteiger partial charge is 0.387 e. The Morgan fingerprint density at radius 1 is 0.953 bits per heavy atom. The fourth-order valence-corrected chi connectivity index (χ4v) is 7.92. The second kappa shape index (κ2) is 10.2. The molecule has 23 heteroatoms. The highest BCUT2D eigenvalue weighted by molar-refractivity contribution is 7.53. The highest BCUT2D eigenvalue weighted by Gasteiger charge is 2.58. The van der Waals surface area contributed by atoms with E-state index < -0.39 is 82.9 Å². The summed E-state index contributed by atoms with van der Waals surface area (Å²) in [7, 11) is -10.1. The molecule has 0 radical (unpaired) electrons. The molecule has 6 N–H and O–H groups in total. The second-order valence-electron chi connectivity index (χ2n) is 9.89. The lowest BCUT2D eigenvalue weighted by atomic mass is 10.1. The van der Waals surface area contributed by atoms with Crippen molar-refractivity contribution in [2.75, 3.05) is 18.9 Å². The number of hydrogen-bond acceptors (Lipinski definition) is 15. The Kier molecular flexibility index (Phi) is 6.74. The molecule has 2 bridgehead atoms. The zero-order chi connectivity index (χ0) is 30.3. The Bertz CT molecular complexity index is 1870. The molecular weight excluding hydrogens is 623 g/mol. The van der Waals surface area contributed by atoms with Crippen molar-refractivity contribution in [1.82, 2.24) is 39.0 Å². The van der Waals surface area contributed by atoms with Gasteiger partial charge in [0.1, 0.15) is 41.9 Å². The van der Waals surface area contributed by atoms with E-state index in [4.69, 9.17) is 28.8 Å². The van der Waals surface area contributed by atoms with Crippen LogP contribution in [-0.2, 0) is 32.2 Å². The van der Waals surface area contributed by atoms with Crippen molar-refractivity contribution < 1.29 is 51.5 Å². The number of aliphatic hydroxyl groups is 1. The molecule has 0 aliphatic carbocycles. The Balaban J connectivity index is 1.22. The van der Waals surface area contributed by atoms with Gasteiger partial charge in [0.25, 0.3) is 5.56 Å². The molecule has 0 spiro atoms. The quantitative estimate of drug-likeness (QED) is 0.166. The number of hydrogen-bond donors (Lipinski definition) is 5. The first kappa shape index (κ1) is 28.5. The normalized spacial score (nSPS) is 38.6. The van der Waals surface area contributed by atoms with E-state index in [1.165, 1.54) is 10.9 Å². The molecule has 7 rings (SSSR count). The minimum atomic E-state index is -5.09. The molecule has 230 valence electrons. The molecule has 3 saturated heterocycles. The summed E-state index contributed by atoms with van der Waals surface area (Å²) in [6.45, 7) is -1.68. The van der Waals surface area contributed by atoms with Gasteiger partial charge in [0, 0.05) is 0 Å². The Morgan fingerprint density at radius 3 is 2.42 bits per heavy atom. The molecule has 43 heavy (non-hydrogen) atoms. The van der Waals surface area contributed by atoms with Crippen LogP contribution in [0, 0.1) is 0 Å². The Labute approximate surface area is 237 Å². The molecule has 3 aliphatic rings. The third kappa shape index (κ3) is 4.69. The van der Waals surface area contributed by atoms with Gasteiger partial charge in [-0.25, -0.2) is 33.9 Å². The van der Waals surface area contributed by atoms with Crippen LogP contribution in [0.15, 0.2) is 30.1 Å². The van der Waals surface area contributed by atoms with Crippen molar-refractivity contribution in [3.8, 4) is 0 Å². The number of rotatable bonds is 2. The molecule has 6 unspecified atom stereocenters. The summed E-state index contributed by atoms with van der Waals surface area (Å²) in [5.74, 6) is 0.0276. The number of aliphatic hydroxyl groups excluding tert-OH is 1. The van der Waals surface area contributed by atoms with Crippen LogP contribution in [0.3, 0.4) is 0 Å². The van der Waals surface area contributed by atoms with Gasteiger partial charge < -0.3 is 39.6 Å². The summed E-state index contributed by atoms with van der Waals surface area (Å²) in [5, 5.41) is 11.0. The fourth-order valence-electron chi connectivity index (χ4n) is 5.37. The van der Waals surface area contributed by atoms with E-state index >= 15 is 4.39 Å². The number of nitrogens with zero attached hydrogens (tertiary/aromatic N) is 7. The number of nitrogens with one attached hydrogen (secondary N) is 1. The topological polar surface area (TPSA) is 274 Å². The summed E-state index contributed by atoms with van der Waals surface area (Å²) in [6, 6.07) is 0. The number of alkyl halides is 1. The molecule has 4 aromatic heterocycles. The lowest BCUT2D eigenvalue weighted by molar-refractivity contribution is -0.0520. The monoisotopic (exact) mass is 645 g/mol. The standard InChI is InChI=1S/C20H22FN9O11P2/c21-9-14-8(40-19(9)29-6-28-11-17(29)25-4-26-18(11)32)2-38-43(35,36)41-13-12(31)7(1-37-42(14,33)34)39-20(13)30-5-27-10-15(22)23-3-24-16(10)30/h3-9,12-14,19-20,31H,1-2H2,(H,33,34)(H,35,36)(H2,22,23,24)(H,25,26,32)/t7?,8?,9-,12-,13-,14-,19?,20?/m1/s1. The number of aromatic nitrogens is 8. The minimum Gasteiger partial charge on any atom is -0.387 e. The maximum absolute atomic E-state index is 16.0. The van der Waals surface area contributed by atoms with Crippen LogP contribution >= 0.6 is 15.4 Å². The van der Waals surface area contributed by atoms with Crippen LogP contribution in [-0.4, -0.2) is 103 Å². The molecule has 20 nitrogen and oxygen atoms in total. The van der Waals surface area contributed by atoms with Gasteiger partial charge in [-0.15, -0.1) is 0 Å². The molecule has 0 aromatic carbocycles. The first-order valence-electron chi connectivity index (χ1n) is 12.5. The van der Waals surface area contributed by atoms with Gasteiger partial charge in [-0.1, -0.05) is 0 Å². The van der Waals surface area contributed by atoms with Gasteiger partial charge in [0.05, 0.1) is 32.2 Å². The summed E-state index contributed by atoms with van der Waals surface area (Å²) in [6.07, 6.45) is -7.21. The highest BCUT2D eigenvalue weighted by Crippen LogP contribution is 2.59. The third-order valence-electron chi connectivity index (χ3n) is 7.36. The molecule has 0 saturated carbocycles. The second-order valence-corrected chi connectivity index (χ2v) is 13.3. The third-order valence-corrected chi connectivity index (χ3v) is 10.2. The average Bonchev–Trinajstić information content (AvgIpc) is 3.71. The van der Waals surface area contributed by atoms with E-state index in [1.807, 2.05) is 0 Å². The first-order valence-corrected chi connectivity index (χ1v) is 15.7. The van der Waals surface area contributed by atoms with Gasteiger partial charge in [-0.2, -0.15) is 0 Å². The minimum absolute atomic E-state index is 0.0276. The average molecular weight is 645 g/mol. The molecular formula is C20H22FN9O11P2. The van der Waals surface area contributed by atoms with Crippen LogP contribution in [0.25, 0.3) is 22.3 Å². The van der Waals surface area contributed by atoms with E-state index in [2.05, 4.69) is 29.9 Å². The van der Waals surface area contributed by atoms with Crippen LogP contribution in [0.1, 0.15) is 12.5 Å². The van der Waals surface area contributed by atoms with Gasteiger partial charge in [0.15, 0.2) is 41.3 Å². The number of imidazole rings is 2. The first-order chi connectivity index (χ1) is 20.4. The van der Waals surface area contributed by atoms with Gasteiger partial charge in [-0.3, -0.25) is 27.5 Å². The molecule has 0 amide bonds. The van der Waals surface area contributed by atoms with E-state index in [0.717, 1.165) is 23.5 Å². The zero-order valence-corrected chi connectivity index (χ0v) is 23.2. The number of halogens is 1. The number of nitrogens with two attached hydrogens (primary N) is 1. The lowest BCUT2D eigenvalue weighted by Gasteiger charge is -2.28. The van der Waals surface area contributed by atoms with Crippen LogP contribution < -0.4 is 11.3 Å². The maximum Gasteiger partial charge on any atom is 0.472 e. The number of fused-ring (bicyclic) bond motifs is 5. The summed E-state index contributed by atoms with van der Waals surface area (Å²) in [4.78, 5) is 55.8. The van der Waals surface area contributed by atoms with Crippen molar-refractivity contribution >= 4 is 43.6 Å². The van der Waals surface area contributed by atoms with Gasteiger partial charge in [0.2, 0.25) is 0 Å². The number of phosphoric acid groups is 1. The fraction of sp³-hybridized carbons (Fsp3) is 0.500. The number of ether oxygens (including phenoxy) is 2. The molecule has 4 aromatic rings. The summed E-state index contributed by atoms with van der Waals surface area (Å²) >= 11 is 0. The number of H-pyrrole nitrogens is 1. The van der Waals surface area contributed by atoms with E-state index in [9.17, 15) is 28.8 Å². The van der Waals surface area contributed by atoms with Crippen molar-refractivity contribution in [2.45, 2.75) is 48.7 Å². The van der Waals surface area contributed by atoms with Gasteiger partial charge >= 0.3 is 15.4 Å². The number of anilines is 1. The molecule has 3 fully saturated rings. The predicted octanol–water partition coefficient (Wildman–Crippen LogP) is -0.878. The zero-order valence-electron chi connectivity index (χ0n) is 21.4. The summed E-state index contributed by atoms with van der Waals surface area (Å²) < 4.78 is 72.1. The Hall–Kier alpha value is -3.23. The molecule has 7 heterocycles. The molecule has 10 atom stereocenters. The van der Waals surface area contributed by atoms with E-state index in [-0.39, 0.29) is 28.1 Å². The van der Waals surface area contributed by atoms with Crippen molar-refractivity contribution in [1.29, 1.82) is 0 Å². The lowest BCUT2D eigenvalue weighted by Crippen LogP contribution is -2.38. The number of nitrogen functional groups attached to an aromatic ring is 1. The Morgan fingerprint density at radius 2 is 1.63 bits per heavy atom. The van der Waals surface area contributed by atoms with E-state index in [1.54, 1.807) is 0 Å². The van der Waals surface area contributed by atoms with Crippen LogP contribution in [0.2, 0.25) is 0 Å². The highest BCUT2D eigenvalue weighted by atomic mass is 31.2. The van der Waals surface area contributed by atoms with Crippen molar-refractivity contribution in [3.05, 3.63) is 35.7 Å². The SMILES string of the molecule is Nc1ncnc2c1ncn2C1OC2COP(=O)(O)[C@@H]3C(COP(=O)(O)O[C@@H]1[C@@H]2O)OC(n1cnc2c(=O)[nH]cnc21)[C@@H]3F. The number of phosphoric ester groups is 1. The number of aromatic amines is 1. The van der Waals surface area contributed by atoms with E-state index in [0.29, 0.717) is 0 Å². The largest absolute Gasteiger partial charge is 0.472 e. The predicted molar refractivity (Wildman–Crippen MR) is 137 cm³/mol. The van der Waals surface area contributed by atoms with Gasteiger partial charge in [-0.05, 0) is 0 Å². The van der Waals surface area contributed by atoms with Crippen LogP contribution in [0.5, 0.6) is 0 Å². The van der Waals surface area contributed by atoms with Crippen LogP contribution in [0.4, 0.5) is 10.2 Å². The van der Waals surface area contributed by atoms with Crippen molar-refractivity contribution in [3.63, 3.8) is 0 Å². The summed E-state index contributed by atoms with van der Waals surface area (Å²) in [5.41, 5.74) is 3.32. The van der Waals surface area contributed by atoms with Crippen molar-refractivity contribution in [2.24, 2.45) is 0 Å².